The highest BCUT2D eigenvalue weighted by molar-refractivity contribution is 6.21. The van der Waals surface area contributed by atoms with Crippen LogP contribution in [0, 0.1) is 5.92 Å². The Hall–Kier alpha value is -0.530. The second-order valence-corrected chi connectivity index (χ2v) is 4.86. The van der Waals surface area contributed by atoms with E-state index in [1.54, 1.807) is 0 Å². The molecule has 0 aromatic heterocycles. The van der Waals surface area contributed by atoms with Crippen LogP contribution in [0.2, 0.25) is 0 Å². The maximum atomic E-state index is 6.29. The lowest BCUT2D eigenvalue weighted by molar-refractivity contribution is 0.302. The van der Waals surface area contributed by atoms with E-state index in [2.05, 4.69) is 17.4 Å². The number of rotatable bonds is 5. The highest BCUT2D eigenvalue weighted by atomic mass is 35.5. The lowest BCUT2D eigenvalue weighted by Crippen LogP contribution is -2.29. The molecule has 1 aliphatic carbocycles. The summed E-state index contributed by atoms with van der Waals surface area (Å²) in [4.78, 5) is 0. The van der Waals surface area contributed by atoms with Gasteiger partial charge in [0.25, 0.3) is 0 Å². The van der Waals surface area contributed by atoms with Gasteiger partial charge in [-0.05, 0) is 30.9 Å². The summed E-state index contributed by atoms with van der Waals surface area (Å²) >= 11 is 6.29. The predicted octanol–water partition coefficient (Wildman–Crippen LogP) is 3.36. The van der Waals surface area contributed by atoms with Crippen molar-refractivity contribution in [2.24, 2.45) is 5.92 Å². The molecule has 0 aliphatic heterocycles. The monoisotopic (exact) mass is 223 g/mol. The maximum Gasteiger partial charge on any atom is 0.0709 e. The van der Waals surface area contributed by atoms with Gasteiger partial charge in [0.05, 0.1) is 5.38 Å². The molecule has 82 valence electrons. The predicted molar refractivity (Wildman–Crippen MR) is 65.2 cm³/mol. The third-order valence-corrected chi connectivity index (χ3v) is 3.55. The summed E-state index contributed by atoms with van der Waals surface area (Å²) in [5.41, 5.74) is 1.21. The summed E-state index contributed by atoms with van der Waals surface area (Å²) in [7, 11) is 0. The average Bonchev–Trinajstić information content (AvgIpc) is 2.23. The van der Waals surface area contributed by atoms with Crippen molar-refractivity contribution >= 4 is 11.6 Å². The molecule has 1 saturated carbocycles. The van der Waals surface area contributed by atoms with Gasteiger partial charge in [-0.15, -0.1) is 11.6 Å². The van der Waals surface area contributed by atoms with Gasteiger partial charge >= 0.3 is 0 Å². The number of halogens is 1. The first kappa shape index (κ1) is 11.0. The van der Waals surface area contributed by atoms with E-state index in [1.807, 2.05) is 18.2 Å². The highest BCUT2D eigenvalue weighted by Crippen LogP contribution is 2.25. The first-order chi connectivity index (χ1) is 7.36. The van der Waals surface area contributed by atoms with Crippen molar-refractivity contribution in [1.29, 1.82) is 0 Å². The fourth-order valence-electron chi connectivity index (χ4n) is 1.89. The maximum absolute atomic E-state index is 6.29. The van der Waals surface area contributed by atoms with Crippen LogP contribution in [-0.4, -0.2) is 13.1 Å². The molecule has 15 heavy (non-hydrogen) atoms. The molecule has 1 aromatic rings. The zero-order valence-electron chi connectivity index (χ0n) is 8.95. The summed E-state index contributed by atoms with van der Waals surface area (Å²) in [5.74, 6) is 0.907. The van der Waals surface area contributed by atoms with Crippen LogP contribution >= 0.6 is 11.6 Å². The van der Waals surface area contributed by atoms with E-state index in [9.17, 15) is 0 Å². The minimum atomic E-state index is 0.103. The number of nitrogens with one attached hydrogen (secondary N) is 1. The first-order valence-corrected chi connectivity index (χ1v) is 6.19. The van der Waals surface area contributed by atoms with E-state index in [0.717, 1.165) is 19.0 Å². The van der Waals surface area contributed by atoms with E-state index in [0.29, 0.717) is 0 Å². The summed E-state index contributed by atoms with van der Waals surface area (Å²) in [6, 6.07) is 10.3. The van der Waals surface area contributed by atoms with Crippen LogP contribution in [0.3, 0.4) is 0 Å². The smallest absolute Gasteiger partial charge is 0.0709 e. The lowest BCUT2D eigenvalue weighted by atomic mass is 9.85. The molecule has 1 fully saturated rings. The Morgan fingerprint density at radius 1 is 1.27 bits per heavy atom. The summed E-state index contributed by atoms with van der Waals surface area (Å²) in [6.45, 7) is 2.01. The van der Waals surface area contributed by atoms with Crippen LogP contribution in [0.5, 0.6) is 0 Å². The molecule has 1 N–H and O–H groups in total. The van der Waals surface area contributed by atoms with Gasteiger partial charge in [0.2, 0.25) is 0 Å². The summed E-state index contributed by atoms with van der Waals surface area (Å²) < 4.78 is 0. The third-order valence-electron chi connectivity index (χ3n) is 3.14. The van der Waals surface area contributed by atoms with Gasteiger partial charge in [-0.25, -0.2) is 0 Å². The van der Waals surface area contributed by atoms with Gasteiger partial charge < -0.3 is 5.32 Å². The van der Waals surface area contributed by atoms with Gasteiger partial charge in [0.15, 0.2) is 0 Å². The van der Waals surface area contributed by atoms with Gasteiger partial charge in [0.1, 0.15) is 0 Å². The van der Waals surface area contributed by atoms with E-state index in [1.165, 1.54) is 24.8 Å². The molecule has 0 saturated heterocycles. The van der Waals surface area contributed by atoms with Gasteiger partial charge in [-0.1, -0.05) is 36.8 Å². The molecule has 1 nitrogen and oxygen atoms in total. The molecule has 1 aromatic carbocycles. The van der Waals surface area contributed by atoms with Crippen molar-refractivity contribution in [2.45, 2.75) is 24.6 Å². The fourth-order valence-corrected chi connectivity index (χ4v) is 2.15. The Labute approximate surface area is 96.8 Å². The molecule has 1 atom stereocenters. The van der Waals surface area contributed by atoms with Crippen LogP contribution in [0.4, 0.5) is 0 Å². The zero-order valence-corrected chi connectivity index (χ0v) is 9.71. The van der Waals surface area contributed by atoms with E-state index < -0.39 is 0 Å². The Kier molecular flexibility index (Phi) is 4.04. The Morgan fingerprint density at radius 3 is 2.60 bits per heavy atom. The zero-order chi connectivity index (χ0) is 10.5. The number of alkyl halides is 1. The Balaban J connectivity index is 1.70. The van der Waals surface area contributed by atoms with Crippen LogP contribution < -0.4 is 5.32 Å². The van der Waals surface area contributed by atoms with Crippen LogP contribution in [0.25, 0.3) is 0 Å². The van der Waals surface area contributed by atoms with Gasteiger partial charge in [-0.3, -0.25) is 0 Å². The molecule has 0 amide bonds. The molecule has 2 heteroatoms. The Bertz CT molecular complexity index is 282. The summed E-state index contributed by atoms with van der Waals surface area (Å²) in [5, 5.41) is 3.56. The number of hydrogen-bond donors (Lipinski definition) is 1. The van der Waals surface area contributed by atoms with Crippen LogP contribution in [-0.2, 0) is 0 Å². The topological polar surface area (TPSA) is 12.0 Å². The van der Waals surface area contributed by atoms with Crippen molar-refractivity contribution in [3.63, 3.8) is 0 Å². The minimum Gasteiger partial charge on any atom is -0.315 e. The van der Waals surface area contributed by atoms with Crippen molar-refractivity contribution in [1.82, 2.24) is 5.32 Å². The van der Waals surface area contributed by atoms with Gasteiger partial charge in [0, 0.05) is 6.54 Å². The minimum absolute atomic E-state index is 0.103. The molecular formula is C13H18ClN. The summed E-state index contributed by atoms with van der Waals surface area (Å²) in [6.07, 6.45) is 4.20. The second-order valence-electron chi connectivity index (χ2n) is 4.33. The number of hydrogen-bond acceptors (Lipinski definition) is 1. The van der Waals surface area contributed by atoms with E-state index in [-0.39, 0.29) is 5.38 Å². The molecule has 0 heterocycles. The van der Waals surface area contributed by atoms with Crippen LogP contribution in [0.15, 0.2) is 30.3 Å². The molecule has 1 unspecified atom stereocenters. The molecular weight excluding hydrogens is 206 g/mol. The standard InChI is InChI=1S/C13H18ClN/c14-13(12-7-2-1-3-8-12)10-15-9-11-5-4-6-11/h1-3,7-8,11,13,15H,4-6,9-10H2. The molecule has 0 radical (unpaired) electrons. The molecule has 2 rings (SSSR count). The third kappa shape index (κ3) is 3.22. The normalized spacial score (nSPS) is 18.5. The highest BCUT2D eigenvalue weighted by Gasteiger charge is 2.17. The van der Waals surface area contributed by atoms with Crippen molar-refractivity contribution in [3.05, 3.63) is 35.9 Å². The molecule has 1 aliphatic rings. The average molecular weight is 224 g/mol. The van der Waals surface area contributed by atoms with E-state index >= 15 is 0 Å². The fraction of sp³-hybridized carbons (Fsp3) is 0.538. The largest absolute Gasteiger partial charge is 0.315 e. The second kappa shape index (κ2) is 5.53. The number of benzene rings is 1. The first-order valence-electron chi connectivity index (χ1n) is 5.76. The molecule has 0 spiro atoms. The van der Waals surface area contributed by atoms with Crippen molar-refractivity contribution in [2.75, 3.05) is 13.1 Å². The van der Waals surface area contributed by atoms with Crippen LogP contribution in [0.1, 0.15) is 30.2 Å². The van der Waals surface area contributed by atoms with Crippen molar-refractivity contribution < 1.29 is 0 Å². The Morgan fingerprint density at radius 2 is 2.00 bits per heavy atom. The lowest BCUT2D eigenvalue weighted by Gasteiger charge is -2.26. The van der Waals surface area contributed by atoms with Gasteiger partial charge in [-0.2, -0.15) is 0 Å². The molecule has 0 bridgehead atoms. The van der Waals surface area contributed by atoms with E-state index in [4.69, 9.17) is 11.6 Å². The SMILES string of the molecule is ClC(CNCC1CCC1)c1ccccc1. The quantitative estimate of drug-likeness (QED) is 0.755. The van der Waals surface area contributed by atoms with Crippen molar-refractivity contribution in [3.8, 4) is 0 Å².